The van der Waals surface area contributed by atoms with Crippen molar-refractivity contribution in [2.45, 2.75) is 32.7 Å². The van der Waals surface area contributed by atoms with Gasteiger partial charge in [-0.3, -0.25) is 9.48 Å². The molecule has 0 aliphatic carbocycles. The van der Waals surface area contributed by atoms with Crippen LogP contribution in [-0.4, -0.2) is 20.7 Å². The largest absolute Gasteiger partial charge is 0.361 e. The number of nitrogens with zero attached hydrogens (tertiary/aromatic N) is 2. The molecule has 0 spiro atoms. The predicted octanol–water partition coefficient (Wildman–Crippen LogP) is 4.68. The second-order valence-electron chi connectivity index (χ2n) is 7.15. The molecule has 4 rings (SSSR count). The lowest BCUT2D eigenvalue weighted by Crippen LogP contribution is -2.12. The Morgan fingerprint density at radius 2 is 2.04 bits per heavy atom. The fourth-order valence-electron chi connectivity index (χ4n) is 3.50. The lowest BCUT2D eigenvalue weighted by atomic mass is 10.1. The molecule has 28 heavy (non-hydrogen) atoms. The molecule has 0 atom stereocenters. The number of carbonyl (C=O) groups is 1. The Balaban J connectivity index is 1.28. The number of benzene rings is 2. The van der Waals surface area contributed by atoms with Crippen LogP contribution in [0.25, 0.3) is 10.9 Å². The Hall–Kier alpha value is -3.34. The zero-order valence-corrected chi connectivity index (χ0v) is 16.0. The van der Waals surface area contributed by atoms with Gasteiger partial charge in [-0.1, -0.05) is 48.0 Å². The molecule has 0 fully saturated rings. The zero-order valence-electron chi connectivity index (χ0n) is 16.0. The number of rotatable bonds is 7. The quantitative estimate of drug-likeness (QED) is 0.495. The minimum Gasteiger partial charge on any atom is -0.361 e. The van der Waals surface area contributed by atoms with Crippen LogP contribution in [0.5, 0.6) is 0 Å². The van der Waals surface area contributed by atoms with E-state index in [4.69, 9.17) is 0 Å². The Morgan fingerprint density at radius 3 is 2.93 bits per heavy atom. The second kappa shape index (κ2) is 8.13. The topological polar surface area (TPSA) is 62.7 Å². The number of aromatic amines is 1. The predicted molar refractivity (Wildman–Crippen MR) is 112 cm³/mol. The molecule has 0 bridgehead atoms. The number of hydrogen-bond acceptors (Lipinski definition) is 2. The summed E-state index contributed by atoms with van der Waals surface area (Å²) in [7, 11) is 0. The number of anilines is 1. The molecule has 0 saturated carbocycles. The molecule has 2 aromatic heterocycles. The van der Waals surface area contributed by atoms with E-state index in [0.29, 0.717) is 18.8 Å². The number of nitrogens with one attached hydrogen (secondary N) is 2. The van der Waals surface area contributed by atoms with Crippen LogP contribution in [0.4, 0.5) is 5.82 Å². The standard InChI is InChI=1S/C23H24N4O/c1-17-6-4-7-18(14-17)16-27-13-12-22(26-27)25-23(28)11-5-8-19-15-24-21-10-3-2-9-20(19)21/h2-4,6-7,9-10,12-15,24H,5,8,11,16H2,1H3,(H,25,26,28). The first-order valence-electron chi connectivity index (χ1n) is 9.61. The van der Waals surface area contributed by atoms with Gasteiger partial charge in [-0.25, -0.2) is 0 Å². The Kier molecular flexibility index (Phi) is 5.24. The van der Waals surface area contributed by atoms with E-state index in [1.165, 1.54) is 22.1 Å². The van der Waals surface area contributed by atoms with Gasteiger partial charge < -0.3 is 10.3 Å². The van der Waals surface area contributed by atoms with E-state index in [-0.39, 0.29) is 5.91 Å². The van der Waals surface area contributed by atoms with Crippen molar-refractivity contribution in [3.8, 4) is 0 Å². The summed E-state index contributed by atoms with van der Waals surface area (Å²) in [6.45, 7) is 2.77. The third-order valence-corrected chi connectivity index (χ3v) is 4.86. The highest BCUT2D eigenvalue weighted by molar-refractivity contribution is 5.89. The summed E-state index contributed by atoms with van der Waals surface area (Å²) in [5.41, 5.74) is 4.82. The molecule has 0 unspecified atom stereocenters. The van der Waals surface area contributed by atoms with E-state index in [1.807, 2.05) is 41.3 Å². The maximum Gasteiger partial charge on any atom is 0.225 e. The molecule has 142 valence electrons. The SMILES string of the molecule is Cc1cccc(Cn2ccc(NC(=O)CCCc3c[nH]c4ccccc34)n2)c1. The first-order valence-corrected chi connectivity index (χ1v) is 9.61. The van der Waals surface area contributed by atoms with Gasteiger partial charge in [-0.2, -0.15) is 5.10 Å². The van der Waals surface area contributed by atoms with Crippen LogP contribution in [0.2, 0.25) is 0 Å². The Morgan fingerprint density at radius 1 is 1.14 bits per heavy atom. The minimum absolute atomic E-state index is 0.000599. The molecule has 0 aliphatic heterocycles. The van der Waals surface area contributed by atoms with Crippen LogP contribution >= 0.6 is 0 Å². The van der Waals surface area contributed by atoms with Gasteiger partial charge >= 0.3 is 0 Å². The van der Waals surface area contributed by atoms with Crippen LogP contribution in [-0.2, 0) is 17.8 Å². The molecule has 0 aliphatic rings. The maximum absolute atomic E-state index is 12.2. The molecule has 5 nitrogen and oxygen atoms in total. The van der Waals surface area contributed by atoms with Gasteiger partial charge in [0.15, 0.2) is 5.82 Å². The number of amides is 1. The third-order valence-electron chi connectivity index (χ3n) is 4.86. The summed E-state index contributed by atoms with van der Waals surface area (Å²) < 4.78 is 1.84. The third kappa shape index (κ3) is 4.31. The smallest absolute Gasteiger partial charge is 0.225 e. The van der Waals surface area contributed by atoms with Crippen LogP contribution in [0.1, 0.15) is 29.5 Å². The van der Waals surface area contributed by atoms with Crippen LogP contribution < -0.4 is 5.32 Å². The number of carbonyl (C=O) groups excluding carboxylic acids is 1. The van der Waals surface area contributed by atoms with E-state index in [2.05, 4.69) is 52.7 Å². The van der Waals surface area contributed by atoms with E-state index < -0.39 is 0 Å². The number of fused-ring (bicyclic) bond motifs is 1. The van der Waals surface area contributed by atoms with Crippen molar-refractivity contribution in [1.82, 2.24) is 14.8 Å². The van der Waals surface area contributed by atoms with Gasteiger partial charge in [-0.05, 0) is 37.0 Å². The molecule has 2 N–H and O–H groups in total. The molecule has 1 amide bonds. The fraction of sp³-hybridized carbons (Fsp3) is 0.217. The van der Waals surface area contributed by atoms with Crippen molar-refractivity contribution in [1.29, 1.82) is 0 Å². The van der Waals surface area contributed by atoms with E-state index in [1.54, 1.807) is 0 Å². The van der Waals surface area contributed by atoms with Gasteiger partial charge in [0.2, 0.25) is 5.91 Å². The first kappa shape index (κ1) is 18.0. The van der Waals surface area contributed by atoms with Gasteiger partial charge in [0, 0.05) is 35.8 Å². The van der Waals surface area contributed by atoms with E-state index in [9.17, 15) is 4.79 Å². The Bertz CT molecular complexity index is 1090. The summed E-state index contributed by atoms with van der Waals surface area (Å²) in [5, 5.41) is 8.59. The van der Waals surface area contributed by atoms with Crippen LogP contribution in [0.15, 0.2) is 67.0 Å². The molecule has 2 heterocycles. The van der Waals surface area contributed by atoms with Crippen molar-refractivity contribution >= 4 is 22.6 Å². The highest BCUT2D eigenvalue weighted by Crippen LogP contribution is 2.19. The highest BCUT2D eigenvalue weighted by atomic mass is 16.1. The molecule has 4 aromatic rings. The number of aromatic nitrogens is 3. The molecule has 2 aromatic carbocycles. The van der Waals surface area contributed by atoms with E-state index in [0.717, 1.165) is 18.4 Å². The van der Waals surface area contributed by atoms with Gasteiger partial charge in [0.25, 0.3) is 0 Å². The lowest BCUT2D eigenvalue weighted by molar-refractivity contribution is -0.116. The second-order valence-corrected chi connectivity index (χ2v) is 7.15. The maximum atomic E-state index is 12.2. The molecule has 0 saturated heterocycles. The van der Waals surface area contributed by atoms with E-state index >= 15 is 0 Å². The van der Waals surface area contributed by atoms with Crippen molar-refractivity contribution in [2.24, 2.45) is 0 Å². The van der Waals surface area contributed by atoms with Crippen molar-refractivity contribution in [3.63, 3.8) is 0 Å². The minimum atomic E-state index is 0.000599. The molecular formula is C23H24N4O. The molecule has 0 radical (unpaired) electrons. The average Bonchev–Trinajstić information content (AvgIpc) is 3.29. The lowest BCUT2D eigenvalue weighted by Gasteiger charge is -2.04. The number of hydrogen-bond donors (Lipinski definition) is 2. The highest BCUT2D eigenvalue weighted by Gasteiger charge is 2.08. The summed E-state index contributed by atoms with van der Waals surface area (Å²) in [6.07, 6.45) is 6.08. The summed E-state index contributed by atoms with van der Waals surface area (Å²) >= 11 is 0. The van der Waals surface area contributed by atoms with Crippen LogP contribution in [0.3, 0.4) is 0 Å². The van der Waals surface area contributed by atoms with Gasteiger partial charge in [0.1, 0.15) is 0 Å². The number of aryl methyl sites for hydroxylation is 2. The van der Waals surface area contributed by atoms with Crippen molar-refractivity contribution < 1.29 is 4.79 Å². The number of para-hydroxylation sites is 1. The van der Waals surface area contributed by atoms with Crippen molar-refractivity contribution in [2.75, 3.05) is 5.32 Å². The molecular weight excluding hydrogens is 348 g/mol. The molecule has 5 heteroatoms. The number of H-pyrrole nitrogens is 1. The summed E-state index contributed by atoms with van der Waals surface area (Å²) in [4.78, 5) is 15.5. The Labute approximate surface area is 164 Å². The van der Waals surface area contributed by atoms with Crippen molar-refractivity contribution in [3.05, 3.63) is 83.7 Å². The van der Waals surface area contributed by atoms with Crippen LogP contribution in [0, 0.1) is 6.92 Å². The normalized spacial score (nSPS) is 11.0. The zero-order chi connectivity index (χ0) is 19.3. The van der Waals surface area contributed by atoms with Gasteiger partial charge in [-0.15, -0.1) is 0 Å². The monoisotopic (exact) mass is 372 g/mol. The average molecular weight is 372 g/mol. The van der Waals surface area contributed by atoms with Gasteiger partial charge in [0.05, 0.1) is 6.54 Å². The fourth-order valence-corrected chi connectivity index (χ4v) is 3.50. The summed E-state index contributed by atoms with van der Waals surface area (Å²) in [6, 6.07) is 18.4. The first-order chi connectivity index (χ1) is 13.7. The summed E-state index contributed by atoms with van der Waals surface area (Å²) in [5.74, 6) is 0.602.